The molecule has 0 saturated carbocycles. The molecule has 0 aliphatic carbocycles. The number of rotatable bonds is 8. The van der Waals surface area contributed by atoms with E-state index < -0.39 is 16.2 Å². The van der Waals surface area contributed by atoms with Crippen LogP contribution in [-0.4, -0.2) is 21.1 Å². The molecule has 0 aliphatic rings. The largest absolute Gasteiger partial charge is 0.491 e. The minimum Gasteiger partial charge on any atom is -0.491 e. The molecule has 0 fully saturated rings. The summed E-state index contributed by atoms with van der Waals surface area (Å²) in [4.78, 5) is 0.148. The molecule has 0 amide bonds. The first-order valence-electron chi connectivity index (χ1n) is 9.18. The van der Waals surface area contributed by atoms with Gasteiger partial charge in [0.2, 0.25) is 0 Å². The molecular weight excluding hydrogens is 372 g/mol. The van der Waals surface area contributed by atoms with Gasteiger partial charge in [-0.15, -0.1) is 0 Å². The van der Waals surface area contributed by atoms with Crippen molar-refractivity contribution in [2.75, 3.05) is 6.61 Å². The van der Waals surface area contributed by atoms with Crippen molar-refractivity contribution in [3.8, 4) is 5.75 Å². The molecule has 3 aromatic carbocycles. The average Bonchev–Trinajstić information content (AvgIpc) is 2.68. The van der Waals surface area contributed by atoms with Gasteiger partial charge in [-0.25, -0.2) is 0 Å². The van der Waals surface area contributed by atoms with Gasteiger partial charge >= 0.3 is 0 Å². The smallest absolute Gasteiger partial charge is 0.297 e. The van der Waals surface area contributed by atoms with E-state index >= 15 is 0 Å². The minimum atomic E-state index is -3.82. The number of benzene rings is 3. The number of hydrogen-bond donors (Lipinski definition) is 0. The standard InChI is InChI=1S/C23H24O4S/c1-18-12-14-22(15-13-18)28(24,25)27-19(2)17-26-23-11-7-6-10-21(23)16-20-8-4-3-5-9-20/h3-15,19H,16-17H2,1-2H3. The number of aryl methyl sites for hydroxylation is 1. The lowest BCUT2D eigenvalue weighted by molar-refractivity contribution is 0.148. The number of para-hydroxylation sites is 1. The molecule has 1 atom stereocenters. The zero-order valence-corrected chi connectivity index (χ0v) is 16.9. The van der Waals surface area contributed by atoms with E-state index in [0.717, 1.165) is 23.3 Å². The van der Waals surface area contributed by atoms with Crippen molar-refractivity contribution in [3.05, 3.63) is 95.6 Å². The zero-order valence-electron chi connectivity index (χ0n) is 16.0. The van der Waals surface area contributed by atoms with Crippen LogP contribution in [0.4, 0.5) is 0 Å². The second-order valence-electron chi connectivity index (χ2n) is 6.76. The Morgan fingerprint density at radius 2 is 1.50 bits per heavy atom. The van der Waals surface area contributed by atoms with Crippen molar-refractivity contribution in [3.63, 3.8) is 0 Å². The minimum absolute atomic E-state index is 0.136. The fraction of sp³-hybridized carbons (Fsp3) is 0.217. The molecule has 4 nitrogen and oxygen atoms in total. The van der Waals surface area contributed by atoms with Gasteiger partial charge in [-0.05, 0) is 43.2 Å². The highest BCUT2D eigenvalue weighted by atomic mass is 32.2. The van der Waals surface area contributed by atoms with Crippen molar-refractivity contribution in [1.29, 1.82) is 0 Å². The van der Waals surface area contributed by atoms with Gasteiger partial charge in [0.05, 0.1) is 4.90 Å². The molecule has 0 aromatic heterocycles. The maximum Gasteiger partial charge on any atom is 0.297 e. The summed E-state index contributed by atoms with van der Waals surface area (Å²) in [6.07, 6.45) is 0.129. The van der Waals surface area contributed by atoms with Gasteiger partial charge in [-0.3, -0.25) is 4.18 Å². The lowest BCUT2D eigenvalue weighted by atomic mass is 10.0. The SMILES string of the molecule is Cc1ccc(S(=O)(=O)OC(C)COc2ccccc2Cc2ccccc2)cc1. The topological polar surface area (TPSA) is 52.6 Å². The van der Waals surface area contributed by atoms with E-state index in [9.17, 15) is 8.42 Å². The molecule has 0 N–H and O–H groups in total. The number of ether oxygens (including phenoxy) is 1. The number of hydrogen-bond acceptors (Lipinski definition) is 4. The highest BCUT2D eigenvalue weighted by molar-refractivity contribution is 7.86. The van der Waals surface area contributed by atoms with E-state index in [1.165, 1.54) is 5.56 Å². The Kier molecular flexibility index (Phi) is 6.49. The first-order valence-corrected chi connectivity index (χ1v) is 10.6. The summed E-state index contributed by atoms with van der Waals surface area (Å²) >= 11 is 0. The van der Waals surface area contributed by atoms with E-state index in [0.29, 0.717) is 0 Å². The lowest BCUT2D eigenvalue weighted by Gasteiger charge is -2.16. The molecule has 146 valence electrons. The Hall–Kier alpha value is -2.63. The molecule has 0 aliphatic heterocycles. The summed E-state index contributed by atoms with van der Waals surface area (Å²) in [6.45, 7) is 3.73. The van der Waals surface area contributed by atoms with Crippen LogP contribution in [0.2, 0.25) is 0 Å². The van der Waals surface area contributed by atoms with Crippen LogP contribution in [0, 0.1) is 6.92 Å². The van der Waals surface area contributed by atoms with E-state index in [1.54, 1.807) is 31.2 Å². The van der Waals surface area contributed by atoms with Crippen LogP contribution >= 0.6 is 0 Å². The van der Waals surface area contributed by atoms with Crippen LogP contribution < -0.4 is 4.74 Å². The molecule has 5 heteroatoms. The Labute approximate surface area is 166 Å². The van der Waals surface area contributed by atoms with Crippen molar-refractivity contribution in [2.24, 2.45) is 0 Å². The Balaban J connectivity index is 1.63. The van der Waals surface area contributed by atoms with Crippen LogP contribution in [0.15, 0.2) is 83.8 Å². The van der Waals surface area contributed by atoms with E-state index in [-0.39, 0.29) is 11.5 Å². The highest BCUT2D eigenvalue weighted by Crippen LogP contribution is 2.22. The second kappa shape index (κ2) is 9.04. The predicted molar refractivity (Wildman–Crippen MR) is 110 cm³/mol. The molecule has 0 radical (unpaired) electrons. The van der Waals surface area contributed by atoms with Crippen LogP contribution in [-0.2, 0) is 20.7 Å². The molecule has 0 saturated heterocycles. The van der Waals surface area contributed by atoms with Gasteiger partial charge in [-0.1, -0.05) is 66.2 Å². The van der Waals surface area contributed by atoms with Gasteiger partial charge < -0.3 is 4.74 Å². The monoisotopic (exact) mass is 396 g/mol. The van der Waals surface area contributed by atoms with Gasteiger partial charge in [0.25, 0.3) is 10.1 Å². The van der Waals surface area contributed by atoms with E-state index in [4.69, 9.17) is 8.92 Å². The van der Waals surface area contributed by atoms with Gasteiger partial charge in [0.1, 0.15) is 18.5 Å². The van der Waals surface area contributed by atoms with Gasteiger partial charge in [-0.2, -0.15) is 8.42 Å². The fourth-order valence-corrected chi connectivity index (χ4v) is 3.89. The molecule has 28 heavy (non-hydrogen) atoms. The van der Waals surface area contributed by atoms with Crippen molar-refractivity contribution < 1.29 is 17.3 Å². The molecule has 0 heterocycles. The Morgan fingerprint density at radius 3 is 2.21 bits per heavy atom. The molecule has 3 rings (SSSR count). The molecule has 0 spiro atoms. The van der Waals surface area contributed by atoms with Crippen molar-refractivity contribution in [2.45, 2.75) is 31.3 Å². The van der Waals surface area contributed by atoms with Crippen LogP contribution in [0.3, 0.4) is 0 Å². The third-order valence-corrected chi connectivity index (χ3v) is 5.72. The summed E-state index contributed by atoms with van der Waals surface area (Å²) in [7, 11) is -3.82. The van der Waals surface area contributed by atoms with Crippen molar-refractivity contribution >= 4 is 10.1 Å². The van der Waals surface area contributed by atoms with Crippen LogP contribution in [0.25, 0.3) is 0 Å². The molecule has 1 unspecified atom stereocenters. The van der Waals surface area contributed by atoms with Gasteiger partial charge in [0, 0.05) is 6.42 Å². The van der Waals surface area contributed by atoms with Crippen molar-refractivity contribution in [1.82, 2.24) is 0 Å². The Morgan fingerprint density at radius 1 is 0.857 bits per heavy atom. The van der Waals surface area contributed by atoms with E-state index in [2.05, 4.69) is 12.1 Å². The first kappa shape index (κ1) is 20.1. The summed E-state index contributed by atoms with van der Waals surface area (Å²) in [5.74, 6) is 0.731. The normalized spacial score (nSPS) is 12.5. The molecular formula is C23H24O4S. The van der Waals surface area contributed by atoms with Gasteiger partial charge in [0.15, 0.2) is 0 Å². The van der Waals surface area contributed by atoms with Crippen LogP contribution in [0.5, 0.6) is 5.75 Å². The quantitative estimate of drug-likeness (QED) is 0.515. The maximum absolute atomic E-state index is 12.4. The van der Waals surface area contributed by atoms with Crippen LogP contribution in [0.1, 0.15) is 23.6 Å². The fourth-order valence-electron chi connectivity index (χ4n) is 2.82. The third kappa shape index (κ3) is 5.44. The second-order valence-corrected chi connectivity index (χ2v) is 8.33. The van der Waals surface area contributed by atoms with E-state index in [1.807, 2.05) is 49.4 Å². The average molecular weight is 397 g/mol. The summed E-state index contributed by atoms with van der Waals surface area (Å²) in [5.41, 5.74) is 3.22. The molecule has 0 bridgehead atoms. The first-order chi connectivity index (χ1) is 13.4. The summed E-state index contributed by atoms with van der Waals surface area (Å²) in [6, 6.07) is 24.5. The highest BCUT2D eigenvalue weighted by Gasteiger charge is 2.19. The lowest BCUT2D eigenvalue weighted by Crippen LogP contribution is -2.22. The predicted octanol–water partition coefficient (Wildman–Crippen LogP) is 4.76. The summed E-state index contributed by atoms with van der Waals surface area (Å²) in [5, 5.41) is 0. The maximum atomic E-state index is 12.4. The zero-order chi connectivity index (χ0) is 20.0. The molecule has 3 aromatic rings. The Bertz CT molecular complexity index is 996. The third-order valence-electron chi connectivity index (χ3n) is 4.28. The summed E-state index contributed by atoms with van der Waals surface area (Å²) < 4.78 is 36.0.